The van der Waals surface area contributed by atoms with Gasteiger partial charge in [-0.15, -0.1) is 0 Å². The Morgan fingerprint density at radius 1 is 1.12 bits per heavy atom. The molecular weight excluding hydrogens is 331 g/mol. The summed E-state index contributed by atoms with van der Waals surface area (Å²) in [6.45, 7) is 0.437. The van der Waals surface area contributed by atoms with Crippen LogP contribution in [0.3, 0.4) is 0 Å². The molecule has 0 fully saturated rings. The van der Waals surface area contributed by atoms with E-state index in [0.717, 1.165) is 5.69 Å². The number of pyridine rings is 1. The maximum Gasteiger partial charge on any atom is 0.238 e. The summed E-state index contributed by atoms with van der Waals surface area (Å²) in [6, 6.07) is 12.6. The molecule has 0 aliphatic heterocycles. The summed E-state index contributed by atoms with van der Waals surface area (Å²) in [5.74, 6) is -0.581. The van der Waals surface area contributed by atoms with E-state index in [9.17, 15) is 12.8 Å². The molecule has 0 atom stereocenters. The highest BCUT2D eigenvalue weighted by atomic mass is 32.2. The van der Waals surface area contributed by atoms with Crippen molar-refractivity contribution in [3.05, 3.63) is 78.0 Å². The predicted octanol–water partition coefficient (Wildman–Crippen LogP) is 2.41. The molecule has 6 nitrogen and oxygen atoms in total. The van der Waals surface area contributed by atoms with E-state index < -0.39 is 15.8 Å². The Hall–Kier alpha value is -2.74. The molecule has 1 aromatic carbocycles. The van der Waals surface area contributed by atoms with Gasteiger partial charge < -0.3 is 0 Å². The van der Waals surface area contributed by atoms with E-state index in [1.807, 2.05) is 18.2 Å². The lowest BCUT2D eigenvalue weighted by molar-refractivity contribution is 0.599. The van der Waals surface area contributed by atoms with Crippen molar-refractivity contribution < 1.29 is 12.8 Å². The fourth-order valence-corrected chi connectivity index (χ4v) is 3.32. The summed E-state index contributed by atoms with van der Waals surface area (Å²) in [7, 11) is -3.67. The molecule has 0 aliphatic rings. The van der Waals surface area contributed by atoms with Gasteiger partial charge in [-0.05, 0) is 29.8 Å². The summed E-state index contributed by atoms with van der Waals surface area (Å²) in [6.07, 6.45) is 3.34. The third kappa shape index (κ3) is 4.39. The number of hydrogen-bond donors (Lipinski definition) is 1. The number of nitrogens with zero attached hydrogens (tertiary/aromatic N) is 3. The van der Waals surface area contributed by atoms with Crippen molar-refractivity contribution in [2.75, 3.05) is 4.72 Å². The Kier molecular flexibility index (Phi) is 4.57. The highest BCUT2D eigenvalue weighted by Gasteiger charge is 2.14. The van der Waals surface area contributed by atoms with Crippen LogP contribution < -0.4 is 4.72 Å². The van der Waals surface area contributed by atoms with Crippen LogP contribution in [0.5, 0.6) is 0 Å². The number of rotatable bonds is 6. The second-order valence-corrected chi connectivity index (χ2v) is 6.93. The van der Waals surface area contributed by atoms with Crippen LogP contribution in [-0.2, 0) is 22.3 Å². The van der Waals surface area contributed by atoms with E-state index >= 15 is 0 Å². The molecule has 124 valence electrons. The number of anilines is 1. The fraction of sp³-hybridized carbons (Fsp3) is 0.125. The molecule has 0 saturated carbocycles. The molecule has 0 saturated heterocycles. The third-order valence-corrected chi connectivity index (χ3v) is 4.43. The van der Waals surface area contributed by atoms with Crippen LogP contribution in [0, 0.1) is 5.82 Å². The van der Waals surface area contributed by atoms with Gasteiger partial charge in [0.2, 0.25) is 10.0 Å². The summed E-state index contributed by atoms with van der Waals surface area (Å²) in [5.41, 5.74) is 1.19. The van der Waals surface area contributed by atoms with E-state index in [1.165, 1.54) is 18.2 Å². The fourth-order valence-electron chi connectivity index (χ4n) is 2.20. The van der Waals surface area contributed by atoms with Crippen LogP contribution in [0.1, 0.15) is 11.3 Å². The smallest absolute Gasteiger partial charge is 0.238 e. The topological polar surface area (TPSA) is 76.9 Å². The van der Waals surface area contributed by atoms with Gasteiger partial charge in [-0.25, -0.2) is 12.8 Å². The third-order valence-electron chi connectivity index (χ3n) is 3.20. The van der Waals surface area contributed by atoms with Crippen LogP contribution in [0.2, 0.25) is 0 Å². The average Bonchev–Trinajstić information content (AvgIpc) is 2.94. The Balaban J connectivity index is 1.67. The number of sulfonamides is 1. The lowest BCUT2D eigenvalue weighted by atomic mass is 10.2. The summed E-state index contributed by atoms with van der Waals surface area (Å²) < 4.78 is 41.4. The van der Waals surface area contributed by atoms with Gasteiger partial charge in [0.15, 0.2) is 5.82 Å². The van der Waals surface area contributed by atoms with Crippen molar-refractivity contribution in [1.29, 1.82) is 0 Å². The van der Waals surface area contributed by atoms with Crippen molar-refractivity contribution in [1.82, 2.24) is 14.8 Å². The number of aromatic nitrogens is 3. The Morgan fingerprint density at radius 2 is 2.00 bits per heavy atom. The van der Waals surface area contributed by atoms with Gasteiger partial charge in [0, 0.05) is 18.5 Å². The lowest BCUT2D eigenvalue weighted by Gasteiger charge is -2.06. The number of nitrogens with one attached hydrogen (secondary N) is 1. The van der Waals surface area contributed by atoms with E-state index in [0.29, 0.717) is 12.1 Å². The summed E-state index contributed by atoms with van der Waals surface area (Å²) >= 11 is 0. The quantitative estimate of drug-likeness (QED) is 0.743. The van der Waals surface area contributed by atoms with E-state index in [-0.39, 0.29) is 11.6 Å². The van der Waals surface area contributed by atoms with Crippen molar-refractivity contribution in [3.63, 3.8) is 0 Å². The van der Waals surface area contributed by atoms with Crippen LogP contribution in [0.4, 0.5) is 10.2 Å². The largest absolute Gasteiger partial charge is 0.266 e. The lowest BCUT2D eigenvalue weighted by Crippen LogP contribution is -2.16. The van der Waals surface area contributed by atoms with E-state index in [2.05, 4.69) is 14.8 Å². The van der Waals surface area contributed by atoms with Crippen LogP contribution in [-0.4, -0.2) is 23.2 Å². The van der Waals surface area contributed by atoms with Gasteiger partial charge in [0.1, 0.15) is 5.82 Å². The Labute approximate surface area is 139 Å². The maximum atomic E-state index is 13.1. The van der Waals surface area contributed by atoms with Gasteiger partial charge in [0.25, 0.3) is 0 Å². The van der Waals surface area contributed by atoms with Gasteiger partial charge >= 0.3 is 0 Å². The first-order chi connectivity index (χ1) is 11.5. The second-order valence-electron chi connectivity index (χ2n) is 5.21. The minimum absolute atomic E-state index is 0.210. The number of halogens is 1. The molecule has 2 aromatic heterocycles. The molecule has 1 N–H and O–H groups in total. The molecular formula is C16H15FN4O2S. The minimum atomic E-state index is -3.67. The Morgan fingerprint density at radius 3 is 2.75 bits per heavy atom. The Bertz CT molecular complexity index is 926. The van der Waals surface area contributed by atoms with Crippen molar-refractivity contribution in [3.8, 4) is 0 Å². The SMILES string of the molecule is O=S(=O)(Cc1cccc(F)c1)Nc1ccn(Cc2ccccn2)n1. The van der Waals surface area contributed by atoms with Gasteiger partial charge in [0.05, 0.1) is 18.0 Å². The van der Waals surface area contributed by atoms with Crippen molar-refractivity contribution >= 4 is 15.8 Å². The van der Waals surface area contributed by atoms with Crippen LogP contribution in [0.25, 0.3) is 0 Å². The molecule has 0 aliphatic carbocycles. The second kappa shape index (κ2) is 6.79. The van der Waals surface area contributed by atoms with E-state index in [1.54, 1.807) is 29.2 Å². The molecule has 24 heavy (non-hydrogen) atoms. The monoisotopic (exact) mass is 346 g/mol. The number of benzene rings is 1. The molecule has 0 unspecified atom stereocenters. The molecule has 0 amide bonds. The molecule has 3 aromatic rings. The molecule has 0 bridgehead atoms. The zero-order valence-electron chi connectivity index (χ0n) is 12.6. The first-order valence-corrected chi connectivity index (χ1v) is 8.84. The summed E-state index contributed by atoms with van der Waals surface area (Å²) in [4.78, 5) is 4.19. The zero-order chi connectivity index (χ0) is 17.0. The highest BCUT2D eigenvalue weighted by molar-refractivity contribution is 7.91. The molecule has 3 rings (SSSR count). The molecule has 0 radical (unpaired) electrons. The minimum Gasteiger partial charge on any atom is -0.266 e. The standard InChI is InChI=1S/C16H15FN4O2S/c17-14-5-3-4-13(10-14)12-24(22,23)20-16-7-9-21(19-16)11-15-6-1-2-8-18-15/h1-10H,11-12H2,(H,19,20). The van der Waals surface area contributed by atoms with Gasteiger partial charge in [-0.3, -0.25) is 14.4 Å². The van der Waals surface area contributed by atoms with Gasteiger partial charge in [-0.1, -0.05) is 18.2 Å². The van der Waals surface area contributed by atoms with Crippen molar-refractivity contribution in [2.24, 2.45) is 0 Å². The maximum absolute atomic E-state index is 13.1. The first kappa shape index (κ1) is 16.1. The van der Waals surface area contributed by atoms with Crippen LogP contribution >= 0.6 is 0 Å². The normalized spacial score (nSPS) is 11.4. The summed E-state index contributed by atoms with van der Waals surface area (Å²) in [5, 5.41) is 4.16. The van der Waals surface area contributed by atoms with E-state index in [4.69, 9.17) is 0 Å². The number of hydrogen-bond acceptors (Lipinski definition) is 4. The van der Waals surface area contributed by atoms with Gasteiger partial charge in [-0.2, -0.15) is 5.10 Å². The molecule has 8 heteroatoms. The zero-order valence-corrected chi connectivity index (χ0v) is 13.4. The average molecular weight is 346 g/mol. The molecule has 0 spiro atoms. The highest BCUT2D eigenvalue weighted by Crippen LogP contribution is 2.12. The van der Waals surface area contributed by atoms with Crippen molar-refractivity contribution in [2.45, 2.75) is 12.3 Å². The molecule has 2 heterocycles. The van der Waals surface area contributed by atoms with Crippen LogP contribution in [0.15, 0.2) is 60.9 Å². The first-order valence-electron chi connectivity index (χ1n) is 7.18. The predicted molar refractivity (Wildman–Crippen MR) is 88.2 cm³/mol.